The Morgan fingerprint density at radius 3 is 2.68 bits per heavy atom. The van der Waals surface area contributed by atoms with Gasteiger partial charge in [0.1, 0.15) is 6.04 Å². The number of carbonyl (C=O) groups is 3. The lowest BCUT2D eigenvalue weighted by Gasteiger charge is -2.24. The molecule has 1 aliphatic rings. The summed E-state index contributed by atoms with van der Waals surface area (Å²) in [4.78, 5) is 36.9. The van der Waals surface area contributed by atoms with Crippen molar-refractivity contribution in [2.24, 2.45) is 0 Å². The van der Waals surface area contributed by atoms with E-state index in [2.05, 4.69) is 0 Å². The number of nitrogens with zero attached hydrogens (tertiary/aromatic N) is 1. The van der Waals surface area contributed by atoms with Gasteiger partial charge in [0.25, 0.3) is 11.7 Å². The number of esters is 1. The van der Waals surface area contributed by atoms with Gasteiger partial charge < -0.3 is 4.74 Å². The molecule has 100 valence electrons. The lowest BCUT2D eigenvalue weighted by atomic mass is 10.1. The zero-order chi connectivity index (χ0) is 14.2. The lowest BCUT2D eigenvalue weighted by Crippen LogP contribution is -2.43. The molecular weight excluding hydrogens is 246 g/mol. The average molecular weight is 261 g/mol. The summed E-state index contributed by atoms with van der Waals surface area (Å²) < 4.78 is 4.91. The van der Waals surface area contributed by atoms with Gasteiger partial charge in [-0.2, -0.15) is 0 Å². The first-order valence-corrected chi connectivity index (χ1v) is 6.13. The van der Waals surface area contributed by atoms with Gasteiger partial charge in [-0.25, -0.2) is 4.79 Å². The quantitative estimate of drug-likeness (QED) is 0.610. The van der Waals surface area contributed by atoms with Crippen molar-refractivity contribution in [1.82, 2.24) is 0 Å². The molecule has 0 aromatic heterocycles. The van der Waals surface area contributed by atoms with Gasteiger partial charge in [0, 0.05) is 0 Å². The van der Waals surface area contributed by atoms with Crippen LogP contribution >= 0.6 is 0 Å². The van der Waals surface area contributed by atoms with Gasteiger partial charge in [0.15, 0.2) is 0 Å². The highest BCUT2D eigenvalue weighted by Gasteiger charge is 2.41. The predicted molar refractivity (Wildman–Crippen MR) is 69.1 cm³/mol. The monoisotopic (exact) mass is 261 g/mol. The number of rotatable bonds is 3. The number of ether oxygens (including phenoxy) is 1. The van der Waals surface area contributed by atoms with Crippen molar-refractivity contribution in [1.29, 1.82) is 0 Å². The second-order valence-corrected chi connectivity index (χ2v) is 4.40. The molecule has 0 saturated carbocycles. The first-order chi connectivity index (χ1) is 8.99. The fraction of sp³-hybridized carbons (Fsp3) is 0.357. The molecule has 0 bridgehead atoms. The molecule has 0 aliphatic carbocycles. The third kappa shape index (κ3) is 2.01. The minimum absolute atomic E-state index is 0.236. The van der Waals surface area contributed by atoms with Crippen molar-refractivity contribution in [2.75, 3.05) is 11.5 Å². The Kier molecular flexibility index (Phi) is 3.38. The fourth-order valence-corrected chi connectivity index (χ4v) is 2.23. The molecule has 19 heavy (non-hydrogen) atoms. The lowest BCUT2D eigenvalue weighted by molar-refractivity contribution is -0.145. The van der Waals surface area contributed by atoms with Crippen LogP contribution in [-0.4, -0.2) is 30.3 Å². The van der Waals surface area contributed by atoms with E-state index in [0.29, 0.717) is 11.3 Å². The predicted octanol–water partition coefficient (Wildman–Crippen LogP) is 1.48. The van der Waals surface area contributed by atoms with Crippen LogP contribution in [0.1, 0.15) is 29.8 Å². The molecule has 1 heterocycles. The molecule has 0 radical (unpaired) electrons. The number of carbonyl (C=O) groups excluding carboxylic acids is 3. The van der Waals surface area contributed by atoms with Crippen molar-refractivity contribution in [2.45, 2.75) is 26.8 Å². The first-order valence-electron chi connectivity index (χ1n) is 6.13. The summed E-state index contributed by atoms with van der Waals surface area (Å²) in [6.45, 7) is 5.29. The zero-order valence-electron chi connectivity index (χ0n) is 11.1. The van der Waals surface area contributed by atoms with Crippen molar-refractivity contribution >= 4 is 23.3 Å². The second kappa shape index (κ2) is 4.84. The molecule has 1 aliphatic heterocycles. The van der Waals surface area contributed by atoms with Crippen LogP contribution in [0.4, 0.5) is 5.69 Å². The van der Waals surface area contributed by atoms with Crippen LogP contribution in [0.3, 0.4) is 0 Å². The molecule has 1 aromatic rings. The molecule has 1 amide bonds. The summed E-state index contributed by atoms with van der Waals surface area (Å²) in [5.74, 6) is -1.76. The zero-order valence-corrected chi connectivity index (χ0v) is 11.1. The Morgan fingerprint density at radius 1 is 1.37 bits per heavy atom. The number of fused-ring (bicyclic) bond motifs is 1. The van der Waals surface area contributed by atoms with Gasteiger partial charge >= 0.3 is 5.97 Å². The Labute approximate surface area is 111 Å². The maximum absolute atomic E-state index is 12.0. The average Bonchev–Trinajstić information content (AvgIpc) is 2.64. The van der Waals surface area contributed by atoms with Gasteiger partial charge in [0.05, 0.1) is 17.9 Å². The topological polar surface area (TPSA) is 63.7 Å². The summed E-state index contributed by atoms with van der Waals surface area (Å²) in [5, 5.41) is 0. The molecule has 1 aromatic carbocycles. The van der Waals surface area contributed by atoms with Crippen molar-refractivity contribution in [3.63, 3.8) is 0 Å². The number of anilines is 1. The molecule has 0 fully saturated rings. The summed E-state index contributed by atoms with van der Waals surface area (Å²) in [7, 11) is 0. The molecule has 1 unspecified atom stereocenters. The Morgan fingerprint density at radius 2 is 2.05 bits per heavy atom. The van der Waals surface area contributed by atoms with E-state index in [9.17, 15) is 14.4 Å². The molecule has 1 atom stereocenters. The minimum atomic E-state index is -0.807. The first kappa shape index (κ1) is 13.3. The van der Waals surface area contributed by atoms with E-state index < -0.39 is 23.7 Å². The number of amides is 1. The van der Waals surface area contributed by atoms with E-state index >= 15 is 0 Å². The number of hydrogen-bond acceptors (Lipinski definition) is 4. The maximum Gasteiger partial charge on any atom is 0.328 e. The highest BCUT2D eigenvalue weighted by atomic mass is 16.5. The van der Waals surface area contributed by atoms with Gasteiger partial charge in [0.2, 0.25) is 0 Å². The van der Waals surface area contributed by atoms with Gasteiger partial charge in [-0.3, -0.25) is 14.5 Å². The van der Waals surface area contributed by atoms with E-state index in [1.807, 2.05) is 0 Å². The van der Waals surface area contributed by atoms with Crippen LogP contribution in [0.25, 0.3) is 0 Å². The highest BCUT2D eigenvalue weighted by molar-refractivity contribution is 6.53. The molecule has 5 nitrogen and oxygen atoms in total. The van der Waals surface area contributed by atoms with Crippen LogP contribution < -0.4 is 4.90 Å². The standard InChI is InChI=1S/C14H15NO4/c1-4-19-14(18)9(3)15-11-8(2)6-5-7-10(11)12(16)13(15)17/h5-7,9H,4H2,1-3H3. The van der Waals surface area contributed by atoms with Crippen LogP contribution in [0, 0.1) is 6.92 Å². The molecule has 0 N–H and O–H groups in total. The number of Topliss-reactive ketones (excluding diaryl/α,β-unsaturated/α-hetero) is 1. The van der Waals surface area contributed by atoms with E-state index in [-0.39, 0.29) is 6.61 Å². The van der Waals surface area contributed by atoms with Crippen LogP contribution in [0.5, 0.6) is 0 Å². The minimum Gasteiger partial charge on any atom is -0.464 e. The molecule has 5 heteroatoms. The van der Waals surface area contributed by atoms with Gasteiger partial charge in [-0.05, 0) is 32.4 Å². The normalized spacial score (nSPS) is 15.4. The Bertz CT molecular complexity index is 565. The number of hydrogen-bond donors (Lipinski definition) is 0. The molecule has 0 spiro atoms. The third-order valence-electron chi connectivity index (χ3n) is 3.15. The van der Waals surface area contributed by atoms with Crippen LogP contribution in [-0.2, 0) is 14.3 Å². The van der Waals surface area contributed by atoms with E-state index in [0.717, 1.165) is 5.56 Å². The number of para-hydroxylation sites is 1. The summed E-state index contributed by atoms with van der Waals surface area (Å²) in [6.07, 6.45) is 0. The largest absolute Gasteiger partial charge is 0.464 e. The number of ketones is 1. The van der Waals surface area contributed by atoms with Gasteiger partial charge in [-0.1, -0.05) is 12.1 Å². The highest BCUT2D eigenvalue weighted by Crippen LogP contribution is 2.33. The summed E-state index contributed by atoms with van der Waals surface area (Å²) in [6, 6.07) is 4.31. The Balaban J connectivity index is 2.46. The SMILES string of the molecule is CCOC(=O)C(C)N1C(=O)C(=O)c2cccc(C)c21. The van der Waals surface area contributed by atoms with Crippen molar-refractivity contribution < 1.29 is 19.1 Å². The molecule has 2 rings (SSSR count). The van der Waals surface area contributed by atoms with Crippen LogP contribution in [0.2, 0.25) is 0 Å². The van der Waals surface area contributed by atoms with Crippen molar-refractivity contribution in [3.8, 4) is 0 Å². The van der Waals surface area contributed by atoms with E-state index in [1.54, 1.807) is 39.0 Å². The molecule has 0 saturated heterocycles. The third-order valence-corrected chi connectivity index (χ3v) is 3.15. The van der Waals surface area contributed by atoms with Crippen molar-refractivity contribution in [3.05, 3.63) is 29.3 Å². The number of aryl methyl sites for hydroxylation is 1. The van der Waals surface area contributed by atoms with E-state index in [1.165, 1.54) is 4.90 Å². The smallest absolute Gasteiger partial charge is 0.328 e. The van der Waals surface area contributed by atoms with Crippen LogP contribution in [0.15, 0.2) is 18.2 Å². The van der Waals surface area contributed by atoms with E-state index in [4.69, 9.17) is 4.74 Å². The summed E-state index contributed by atoms with van der Waals surface area (Å²) in [5.41, 5.74) is 1.65. The second-order valence-electron chi connectivity index (χ2n) is 4.40. The Hall–Kier alpha value is -2.17. The molecular formula is C14H15NO4. The van der Waals surface area contributed by atoms with Gasteiger partial charge in [-0.15, -0.1) is 0 Å². The fourth-order valence-electron chi connectivity index (χ4n) is 2.23. The summed E-state index contributed by atoms with van der Waals surface area (Å²) >= 11 is 0. The maximum atomic E-state index is 12.0. The number of benzene rings is 1.